The molecule has 2 aromatic heterocycles. The number of ether oxygens (including phenoxy) is 1. The summed E-state index contributed by atoms with van der Waals surface area (Å²) < 4.78 is 5.52. The Morgan fingerprint density at radius 1 is 1.13 bits per heavy atom. The predicted octanol–water partition coefficient (Wildman–Crippen LogP) is 2.68. The number of nitrogens with one attached hydrogen (secondary N) is 2. The van der Waals surface area contributed by atoms with Gasteiger partial charge in [0, 0.05) is 51.2 Å². The molecule has 2 atom stereocenters. The Kier molecular flexibility index (Phi) is 7.14. The number of anilines is 3. The summed E-state index contributed by atoms with van der Waals surface area (Å²) in [6, 6.07) is 6.03. The van der Waals surface area contributed by atoms with Crippen LogP contribution in [0.15, 0.2) is 30.6 Å². The molecule has 4 heterocycles. The third-order valence-corrected chi connectivity index (χ3v) is 5.87. The lowest BCUT2D eigenvalue weighted by Crippen LogP contribution is -2.40. The van der Waals surface area contributed by atoms with Crippen molar-refractivity contribution in [1.82, 2.24) is 20.3 Å². The molecular weight excluding hydrogens is 410 g/mol. The maximum Gasteiger partial charge on any atom is 0.232 e. The minimum absolute atomic E-state index is 0.495. The second-order valence-electron chi connectivity index (χ2n) is 8.53. The van der Waals surface area contributed by atoms with Gasteiger partial charge in [-0.15, -0.1) is 0 Å². The molecule has 2 aliphatic rings. The highest BCUT2D eigenvalue weighted by atomic mass is 32.1. The van der Waals surface area contributed by atoms with E-state index in [1.165, 1.54) is 6.42 Å². The monoisotopic (exact) mass is 441 g/mol. The smallest absolute Gasteiger partial charge is 0.232 e. The lowest BCUT2D eigenvalue weighted by atomic mass is 9.92. The van der Waals surface area contributed by atoms with Crippen LogP contribution in [0.4, 0.5) is 17.6 Å². The summed E-state index contributed by atoms with van der Waals surface area (Å²) in [5, 5.41) is 6.89. The quantitative estimate of drug-likeness (QED) is 0.681. The van der Waals surface area contributed by atoms with Crippen LogP contribution < -0.4 is 20.4 Å². The number of nitrogens with zero attached hydrogens (tertiary/aromatic N) is 5. The zero-order valence-electron chi connectivity index (χ0n) is 18.3. The van der Waals surface area contributed by atoms with Crippen molar-refractivity contribution >= 4 is 34.9 Å². The molecule has 4 rings (SSSR count). The summed E-state index contributed by atoms with van der Waals surface area (Å²) in [7, 11) is 0. The molecule has 2 saturated heterocycles. The average Bonchev–Trinajstić information content (AvgIpc) is 2.78. The highest BCUT2D eigenvalue weighted by Gasteiger charge is 2.25. The van der Waals surface area contributed by atoms with Crippen LogP contribution in [0.3, 0.4) is 0 Å². The van der Waals surface area contributed by atoms with E-state index in [1.54, 1.807) is 6.20 Å². The molecular formula is C22H31N7OS. The average molecular weight is 442 g/mol. The first-order valence-corrected chi connectivity index (χ1v) is 11.4. The Balaban J connectivity index is 1.51. The first-order chi connectivity index (χ1) is 15.1. The fourth-order valence-corrected chi connectivity index (χ4v) is 4.44. The largest absolute Gasteiger partial charge is 0.378 e. The molecule has 0 spiro atoms. The van der Waals surface area contributed by atoms with Gasteiger partial charge in [0.15, 0.2) is 5.11 Å². The zero-order valence-corrected chi connectivity index (χ0v) is 19.1. The van der Waals surface area contributed by atoms with Crippen LogP contribution in [-0.2, 0) is 11.3 Å². The van der Waals surface area contributed by atoms with E-state index in [-0.39, 0.29) is 0 Å². The fourth-order valence-electron chi connectivity index (χ4n) is 4.28. The first kappa shape index (κ1) is 21.7. The van der Waals surface area contributed by atoms with Gasteiger partial charge < -0.3 is 25.2 Å². The molecule has 0 radical (unpaired) electrons. The van der Waals surface area contributed by atoms with Gasteiger partial charge in [0.25, 0.3) is 0 Å². The normalized spacial score (nSPS) is 21.6. The lowest BCUT2D eigenvalue weighted by molar-refractivity contribution is 0.122. The van der Waals surface area contributed by atoms with Crippen LogP contribution >= 0.6 is 12.2 Å². The molecule has 9 heteroatoms. The molecule has 2 aromatic rings. The van der Waals surface area contributed by atoms with Gasteiger partial charge in [-0.3, -0.25) is 4.98 Å². The van der Waals surface area contributed by atoms with Crippen molar-refractivity contribution in [2.75, 3.05) is 54.5 Å². The van der Waals surface area contributed by atoms with Crippen molar-refractivity contribution < 1.29 is 4.74 Å². The van der Waals surface area contributed by atoms with E-state index in [2.05, 4.69) is 45.3 Å². The van der Waals surface area contributed by atoms with Crippen LogP contribution in [0.25, 0.3) is 0 Å². The summed E-state index contributed by atoms with van der Waals surface area (Å²) in [5.74, 6) is 3.67. The molecule has 0 saturated carbocycles. The Labute approximate surface area is 189 Å². The summed E-state index contributed by atoms with van der Waals surface area (Å²) in [6.07, 6.45) is 4.84. The molecule has 0 aliphatic carbocycles. The number of pyridine rings is 1. The van der Waals surface area contributed by atoms with Crippen molar-refractivity contribution in [2.24, 2.45) is 11.8 Å². The molecule has 2 fully saturated rings. The summed E-state index contributed by atoms with van der Waals surface area (Å²) in [5.41, 5.74) is 1.06. The van der Waals surface area contributed by atoms with Crippen LogP contribution in [0.5, 0.6) is 0 Å². The van der Waals surface area contributed by atoms with Gasteiger partial charge in [0.1, 0.15) is 11.6 Å². The number of hydrogen-bond donors (Lipinski definition) is 2. The predicted molar refractivity (Wildman–Crippen MR) is 128 cm³/mol. The molecule has 0 bridgehead atoms. The van der Waals surface area contributed by atoms with Crippen molar-refractivity contribution in [3.8, 4) is 0 Å². The van der Waals surface area contributed by atoms with Crippen LogP contribution in [0, 0.1) is 11.8 Å². The van der Waals surface area contributed by atoms with Gasteiger partial charge in [-0.2, -0.15) is 9.97 Å². The molecule has 0 amide bonds. The van der Waals surface area contributed by atoms with Gasteiger partial charge in [0.05, 0.1) is 13.2 Å². The Bertz CT molecular complexity index is 865. The highest BCUT2D eigenvalue weighted by molar-refractivity contribution is 7.80. The number of thiocarbonyl (C=S) groups is 1. The second kappa shape index (κ2) is 10.2. The standard InChI is InChI=1S/C22H31N7OS/c1-16-10-17(2)15-29(14-16)20-11-19(28-6-8-30-9-7-28)25-21(26-20)27-22(31)24-13-18-4-3-5-23-12-18/h3-5,11-12,16-17H,6-10,13-15H2,1-2H3,(H2,24,25,26,27,31)/t16-,17+. The third-order valence-electron chi connectivity index (χ3n) is 5.63. The van der Waals surface area contributed by atoms with Gasteiger partial charge in [-0.25, -0.2) is 0 Å². The minimum Gasteiger partial charge on any atom is -0.378 e. The first-order valence-electron chi connectivity index (χ1n) is 11.0. The van der Waals surface area contributed by atoms with Crippen LogP contribution in [-0.4, -0.2) is 59.5 Å². The van der Waals surface area contributed by atoms with E-state index in [4.69, 9.17) is 26.9 Å². The van der Waals surface area contributed by atoms with Crippen molar-refractivity contribution in [3.05, 3.63) is 36.2 Å². The molecule has 31 heavy (non-hydrogen) atoms. The van der Waals surface area contributed by atoms with Crippen molar-refractivity contribution in [1.29, 1.82) is 0 Å². The SMILES string of the molecule is C[C@@H]1C[C@H](C)CN(c2cc(N3CCOCC3)nc(NC(=S)NCc3cccnc3)n2)C1. The number of aromatic nitrogens is 3. The van der Waals surface area contributed by atoms with Crippen LogP contribution in [0.1, 0.15) is 25.8 Å². The van der Waals surface area contributed by atoms with E-state index in [0.717, 1.165) is 43.4 Å². The number of morpholine rings is 1. The van der Waals surface area contributed by atoms with Gasteiger partial charge in [-0.1, -0.05) is 19.9 Å². The molecule has 0 aromatic carbocycles. The van der Waals surface area contributed by atoms with E-state index >= 15 is 0 Å². The topological polar surface area (TPSA) is 78.4 Å². The Morgan fingerprint density at radius 2 is 1.84 bits per heavy atom. The molecule has 0 unspecified atom stereocenters. The highest BCUT2D eigenvalue weighted by Crippen LogP contribution is 2.28. The molecule has 2 N–H and O–H groups in total. The van der Waals surface area contributed by atoms with Gasteiger partial charge >= 0.3 is 0 Å². The lowest BCUT2D eigenvalue weighted by Gasteiger charge is -2.36. The summed E-state index contributed by atoms with van der Waals surface area (Å²) >= 11 is 5.50. The Morgan fingerprint density at radius 3 is 2.52 bits per heavy atom. The maximum atomic E-state index is 5.52. The number of piperidine rings is 1. The minimum atomic E-state index is 0.495. The second-order valence-corrected chi connectivity index (χ2v) is 8.94. The van der Waals surface area contributed by atoms with E-state index in [9.17, 15) is 0 Å². The zero-order chi connectivity index (χ0) is 21.6. The van der Waals surface area contributed by atoms with Crippen LogP contribution in [0.2, 0.25) is 0 Å². The number of rotatable bonds is 5. The van der Waals surface area contributed by atoms with E-state index in [1.807, 2.05) is 18.3 Å². The van der Waals surface area contributed by atoms with Crippen molar-refractivity contribution in [2.45, 2.75) is 26.8 Å². The fraction of sp³-hybridized carbons (Fsp3) is 0.545. The van der Waals surface area contributed by atoms with Crippen molar-refractivity contribution in [3.63, 3.8) is 0 Å². The van der Waals surface area contributed by atoms with E-state index < -0.39 is 0 Å². The molecule has 8 nitrogen and oxygen atoms in total. The Hall–Kier alpha value is -2.52. The van der Waals surface area contributed by atoms with Gasteiger partial charge in [-0.05, 0) is 42.1 Å². The summed E-state index contributed by atoms with van der Waals surface area (Å²) in [4.78, 5) is 18.4. The number of hydrogen-bond acceptors (Lipinski definition) is 7. The van der Waals surface area contributed by atoms with E-state index in [0.29, 0.717) is 42.7 Å². The van der Waals surface area contributed by atoms with Gasteiger partial charge in [0.2, 0.25) is 5.95 Å². The third kappa shape index (κ3) is 6.01. The molecule has 2 aliphatic heterocycles. The maximum absolute atomic E-state index is 5.52. The molecule has 166 valence electrons. The summed E-state index contributed by atoms with van der Waals surface area (Å²) in [6.45, 7) is 10.3.